The molecule has 2 atom stereocenters. The quantitative estimate of drug-likeness (QED) is 0.727. The molecule has 5 heteroatoms. The number of esters is 1. The van der Waals surface area contributed by atoms with Crippen LogP contribution in [0.5, 0.6) is 0 Å². The summed E-state index contributed by atoms with van der Waals surface area (Å²) in [6, 6.07) is 0.360. The summed E-state index contributed by atoms with van der Waals surface area (Å²) in [5, 5.41) is 14.1. The first-order valence-corrected chi connectivity index (χ1v) is 8.24. The third kappa shape index (κ3) is 4.66. The van der Waals surface area contributed by atoms with E-state index in [2.05, 4.69) is 12.2 Å². The van der Waals surface area contributed by atoms with Crippen LogP contribution in [0.4, 0.5) is 0 Å². The number of carbonyl (C=O) groups is 1. The Morgan fingerprint density at radius 1 is 1.43 bits per heavy atom. The van der Waals surface area contributed by atoms with Gasteiger partial charge in [0.1, 0.15) is 0 Å². The fourth-order valence-electron chi connectivity index (χ4n) is 3.29. The molecule has 2 N–H and O–H groups in total. The molecule has 2 rings (SSSR count). The zero-order valence-electron chi connectivity index (χ0n) is 13.3. The molecule has 2 unspecified atom stereocenters. The van der Waals surface area contributed by atoms with Crippen molar-refractivity contribution in [1.29, 1.82) is 0 Å². The van der Waals surface area contributed by atoms with E-state index in [-0.39, 0.29) is 11.9 Å². The molecule has 1 heterocycles. The normalized spacial score (nSPS) is 34.6. The van der Waals surface area contributed by atoms with Gasteiger partial charge in [0.05, 0.1) is 24.7 Å². The second kappa shape index (κ2) is 7.56. The van der Waals surface area contributed by atoms with Crippen molar-refractivity contribution in [2.75, 3.05) is 26.4 Å². The van der Waals surface area contributed by atoms with E-state index in [0.29, 0.717) is 38.0 Å². The number of hydrogen-bond donors (Lipinski definition) is 2. The van der Waals surface area contributed by atoms with E-state index in [1.54, 1.807) is 0 Å². The Balaban J connectivity index is 1.72. The maximum atomic E-state index is 11.7. The topological polar surface area (TPSA) is 67.8 Å². The van der Waals surface area contributed by atoms with Crippen LogP contribution in [0.15, 0.2) is 0 Å². The first-order valence-electron chi connectivity index (χ1n) is 8.24. The van der Waals surface area contributed by atoms with Gasteiger partial charge in [-0.3, -0.25) is 4.79 Å². The molecule has 0 spiro atoms. The molecule has 1 saturated carbocycles. The van der Waals surface area contributed by atoms with Gasteiger partial charge in [-0.15, -0.1) is 0 Å². The Labute approximate surface area is 127 Å². The largest absolute Gasteiger partial charge is 0.466 e. The summed E-state index contributed by atoms with van der Waals surface area (Å²) in [4.78, 5) is 11.7. The molecule has 0 radical (unpaired) electrons. The number of ether oxygens (including phenoxy) is 2. The third-order valence-electron chi connectivity index (χ3n) is 4.96. The minimum absolute atomic E-state index is 0.0362. The summed E-state index contributed by atoms with van der Waals surface area (Å²) in [6.07, 6.45) is 3.86. The van der Waals surface area contributed by atoms with Gasteiger partial charge in [-0.05, 0) is 51.9 Å². The van der Waals surface area contributed by atoms with Crippen molar-refractivity contribution in [3.8, 4) is 0 Å². The number of aliphatic hydroxyl groups is 1. The molecule has 0 aromatic rings. The van der Waals surface area contributed by atoms with E-state index in [0.717, 1.165) is 32.5 Å². The van der Waals surface area contributed by atoms with Crippen LogP contribution in [-0.2, 0) is 14.3 Å². The zero-order valence-corrected chi connectivity index (χ0v) is 13.3. The lowest BCUT2D eigenvalue weighted by Gasteiger charge is -2.36. The first-order chi connectivity index (χ1) is 10.0. The average molecular weight is 299 g/mol. The van der Waals surface area contributed by atoms with Crippen LogP contribution in [0.25, 0.3) is 0 Å². The highest BCUT2D eigenvalue weighted by molar-refractivity contribution is 5.72. The average Bonchev–Trinajstić information content (AvgIpc) is 3.00. The highest BCUT2D eigenvalue weighted by Gasteiger charge is 2.36. The van der Waals surface area contributed by atoms with Crippen LogP contribution >= 0.6 is 0 Å². The van der Waals surface area contributed by atoms with E-state index in [9.17, 15) is 9.90 Å². The Morgan fingerprint density at radius 2 is 2.14 bits per heavy atom. The van der Waals surface area contributed by atoms with Crippen LogP contribution < -0.4 is 5.32 Å². The van der Waals surface area contributed by atoms with E-state index < -0.39 is 5.60 Å². The lowest BCUT2D eigenvalue weighted by atomic mass is 9.78. The Morgan fingerprint density at radius 3 is 2.71 bits per heavy atom. The van der Waals surface area contributed by atoms with Crippen molar-refractivity contribution < 1.29 is 19.4 Å². The fourth-order valence-corrected chi connectivity index (χ4v) is 3.29. The minimum atomic E-state index is -0.684. The summed E-state index contributed by atoms with van der Waals surface area (Å²) in [6.45, 7) is 6.68. The van der Waals surface area contributed by atoms with Crippen molar-refractivity contribution in [1.82, 2.24) is 5.32 Å². The Kier molecular flexibility index (Phi) is 6.02. The molecule has 2 aliphatic rings. The first kappa shape index (κ1) is 16.7. The summed E-state index contributed by atoms with van der Waals surface area (Å²) in [5.41, 5.74) is -0.684. The lowest BCUT2D eigenvalue weighted by Crippen LogP contribution is -2.48. The predicted molar refractivity (Wildman–Crippen MR) is 79.9 cm³/mol. The second-order valence-corrected chi connectivity index (χ2v) is 6.54. The fraction of sp³-hybridized carbons (Fsp3) is 0.938. The van der Waals surface area contributed by atoms with E-state index >= 15 is 0 Å². The van der Waals surface area contributed by atoms with Crippen LogP contribution in [0.3, 0.4) is 0 Å². The van der Waals surface area contributed by atoms with Gasteiger partial charge < -0.3 is 19.9 Å². The molecule has 2 fully saturated rings. The highest BCUT2D eigenvalue weighted by atomic mass is 16.5. The van der Waals surface area contributed by atoms with Crippen molar-refractivity contribution in [2.24, 2.45) is 11.8 Å². The van der Waals surface area contributed by atoms with Gasteiger partial charge in [-0.1, -0.05) is 0 Å². The molecule has 0 aromatic carbocycles. The lowest BCUT2D eigenvalue weighted by molar-refractivity contribution is -0.151. The molecule has 5 nitrogen and oxygen atoms in total. The van der Waals surface area contributed by atoms with E-state index in [1.807, 2.05) is 6.92 Å². The van der Waals surface area contributed by atoms with Crippen LogP contribution in [0.1, 0.15) is 46.0 Å². The maximum Gasteiger partial charge on any atom is 0.308 e. The van der Waals surface area contributed by atoms with Crippen LogP contribution in [0.2, 0.25) is 0 Å². The molecule has 21 heavy (non-hydrogen) atoms. The molecule has 0 amide bonds. The number of rotatable bonds is 6. The number of carbonyl (C=O) groups excluding carboxylic acids is 1. The summed E-state index contributed by atoms with van der Waals surface area (Å²) in [7, 11) is 0. The van der Waals surface area contributed by atoms with E-state index in [4.69, 9.17) is 9.47 Å². The van der Waals surface area contributed by atoms with Crippen molar-refractivity contribution in [3.05, 3.63) is 0 Å². The molecular formula is C16H29NO4. The second-order valence-electron chi connectivity index (χ2n) is 6.54. The molecule has 1 saturated heterocycles. The molecule has 0 aromatic heterocycles. The van der Waals surface area contributed by atoms with Crippen molar-refractivity contribution >= 4 is 5.97 Å². The SMILES string of the molecule is CCOC(=O)C1CCC(O)(CNC(C)C2CCOC2)CC1. The summed E-state index contributed by atoms with van der Waals surface area (Å²) in [5.74, 6) is 0.402. The molecule has 0 bridgehead atoms. The summed E-state index contributed by atoms with van der Waals surface area (Å²) < 4.78 is 10.5. The molecule has 122 valence electrons. The predicted octanol–water partition coefficient (Wildman–Crippen LogP) is 1.49. The highest BCUT2D eigenvalue weighted by Crippen LogP contribution is 2.32. The minimum Gasteiger partial charge on any atom is -0.466 e. The van der Waals surface area contributed by atoms with Crippen LogP contribution in [0, 0.1) is 11.8 Å². The standard InChI is InChI=1S/C16H29NO4/c1-3-21-15(18)13-4-7-16(19,8-5-13)11-17-12(2)14-6-9-20-10-14/h12-14,17,19H,3-11H2,1-2H3. The Hall–Kier alpha value is -0.650. The van der Waals surface area contributed by atoms with Gasteiger partial charge in [0, 0.05) is 19.2 Å². The zero-order chi connectivity index (χ0) is 15.3. The van der Waals surface area contributed by atoms with Gasteiger partial charge in [-0.25, -0.2) is 0 Å². The van der Waals surface area contributed by atoms with Gasteiger partial charge in [0.25, 0.3) is 0 Å². The van der Waals surface area contributed by atoms with Gasteiger partial charge in [-0.2, -0.15) is 0 Å². The summed E-state index contributed by atoms with van der Waals surface area (Å²) >= 11 is 0. The Bertz CT molecular complexity index is 333. The molecule has 1 aliphatic heterocycles. The van der Waals surface area contributed by atoms with E-state index in [1.165, 1.54) is 0 Å². The molecule has 1 aliphatic carbocycles. The number of hydrogen-bond acceptors (Lipinski definition) is 5. The van der Waals surface area contributed by atoms with Gasteiger partial charge in [0.2, 0.25) is 0 Å². The van der Waals surface area contributed by atoms with Crippen molar-refractivity contribution in [3.63, 3.8) is 0 Å². The number of nitrogens with one attached hydrogen (secondary N) is 1. The molecular weight excluding hydrogens is 270 g/mol. The smallest absolute Gasteiger partial charge is 0.308 e. The third-order valence-corrected chi connectivity index (χ3v) is 4.96. The van der Waals surface area contributed by atoms with Gasteiger partial charge in [0.15, 0.2) is 0 Å². The monoisotopic (exact) mass is 299 g/mol. The van der Waals surface area contributed by atoms with Gasteiger partial charge >= 0.3 is 5.97 Å². The van der Waals surface area contributed by atoms with Crippen LogP contribution in [-0.4, -0.2) is 49.1 Å². The van der Waals surface area contributed by atoms with Crippen molar-refractivity contribution in [2.45, 2.75) is 57.6 Å². The maximum absolute atomic E-state index is 11.7.